The molecule has 164 valence electrons. The van der Waals surface area contributed by atoms with Gasteiger partial charge in [0.25, 0.3) is 0 Å². The Morgan fingerprint density at radius 1 is 0.935 bits per heavy atom. The smallest absolute Gasteiger partial charge is 0.420 e. The number of halogens is 3. The first-order chi connectivity index (χ1) is 14.8. The molecule has 5 nitrogen and oxygen atoms in total. The number of alkyl halides is 3. The van der Waals surface area contributed by atoms with Gasteiger partial charge in [-0.1, -0.05) is 0 Å². The average molecular weight is 432 g/mol. The van der Waals surface area contributed by atoms with Crippen LogP contribution in [0.3, 0.4) is 0 Å². The Bertz CT molecular complexity index is 997. The molecule has 8 heteroatoms. The van der Waals surface area contributed by atoms with Gasteiger partial charge in [-0.25, -0.2) is 0 Å². The van der Waals surface area contributed by atoms with Crippen molar-refractivity contribution in [2.45, 2.75) is 19.0 Å². The molecule has 0 amide bonds. The molecular weight excluding hydrogens is 409 g/mol. The summed E-state index contributed by atoms with van der Waals surface area (Å²) in [5.41, 5.74) is 2.44. The molecule has 0 atom stereocenters. The van der Waals surface area contributed by atoms with E-state index in [1.165, 1.54) is 12.1 Å². The standard InChI is InChI=1S/C23H23F3N2O3/c1-27-17-4-7-22(20(14-17)23(24,25)26)31-19-5-2-16(3-6-19)21-13-15(8-10-29)12-18(28-21)9-11-30/h2-7,12-14,27,29-30H,8-11H2,1H3. The first kappa shape index (κ1) is 22.6. The molecule has 0 saturated heterocycles. The molecule has 0 spiro atoms. The Balaban J connectivity index is 1.88. The molecule has 0 fully saturated rings. The van der Waals surface area contributed by atoms with Crippen LogP contribution in [0.4, 0.5) is 18.9 Å². The normalized spacial score (nSPS) is 11.4. The number of nitrogens with one attached hydrogen (secondary N) is 1. The Morgan fingerprint density at radius 2 is 1.65 bits per heavy atom. The molecule has 0 radical (unpaired) electrons. The summed E-state index contributed by atoms with van der Waals surface area (Å²) in [6.07, 6.45) is -3.71. The van der Waals surface area contributed by atoms with Gasteiger partial charge in [-0.3, -0.25) is 4.98 Å². The highest BCUT2D eigenvalue weighted by Crippen LogP contribution is 2.39. The van der Waals surface area contributed by atoms with Crippen molar-refractivity contribution in [2.24, 2.45) is 0 Å². The van der Waals surface area contributed by atoms with E-state index in [1.807, 2.05) is 12.1 Å². The first-order valence-electron chi connectivity index (χ1n) is 9.73. The van der Waals surface area contributed by atoms with Crippen molar-refractivity contribution in [1.82, 2.24) is 4.98 Å². The largest absolute Gasteiger partial charge is 0.457 e. The molecule has 3 N–H and O–H groups in total. The van der Waals surface area contributed by atoms with Crippen molar-refractivity contribution < 1.29 is 28.1 Å². The summed E-state index contributed by atoms with van der Waals surface area (Å²) in [7, 11) is 1.55. The quantitative estimate of drug-likeness (QED) is 0.482. The van der Waals surface area contributed by atoms with E-state index < -0.39 is 11.7 Å². The summed E-state index contributed by atoms with van der Waals surface area (Å²) in [6, 6.07) is 14.0. The van der Waals surface area contributed by atoms with Crippen LogP contribution in [0.25, 0.3) is 11.3 Å². The van der Waals surface area contributed by atoms with Crippen LogP contribution >= 0.6 is 0 Å². The third-order valence-electron chi connectivity index (χ3n) is 4.66. The number of rotatable bonds is 8. The number of aliphatic hydroxyl groups excluding tert-OH is 2. The minimum atomic E-state index is -4.55. The van der Waals surface area contributed by atoms with Gasteiger partial charge in [0.2, 0.25) is 0 Å². The molecular formula is C23H23F3N2O3. The van der Waals surface area contributed by atoms with Crippen molar-refractivity contribution in [3.8, 4) is 22.8 Å². The zero-order chi connectivity index (χ0) is 22.4. The van der Waals surface area contributed by atoms with Crippen LogP contribution in [0, 0.1) is 0 Å². The topological polar surface area (TPSA) is 74.6 Å². The first-order valence-corrected chi connectivity index (χ1v) is 9.73. The fraction of sp³-hybridized carbons (Fsp3) is 0.261. The highest BCUT2D eigenvalue weighted by molar-refractivity contribution is 5.61. The summed E-state index contributed by atoms with van der Waals surface area (Å²) >= 11 is 0. The summed E-state index contributed by atoms with van der Waals surface area (Å²) in [4.78, 5) is 4.52. The number of benzene rings is 2. The Morgan fingerprint density at radius 3 is 2.26 bits per heavy atom. The molecule has 0 bridgehead atoms. The van der Waals surface area contributed by atoms with Gasteiger partial charge in [0.1, 0.15) is 17.1 Å². The van der Waals surface area contributed by atoms with Crippen LogP contribution < -0.4 is 10.1 Å². The van der Waals surface area contributed by atoms with E-state index >= 15 is 0 Å². The van der Waals surface area contributed by atoms with Gasteiger partial charge in [0.15, 0.2) is 0 Å². The predicted octanol–water partition coefficient (Wildman–Crippen LogP) is 4.67. The molecule has 3 aromatic rings. The van der Waals surface area contributed by atoms with Crippen LogP contribution in [-0.4, -0.2) is 35.5 Å². The summed E-state index contributed by atoms with van der Waals surface area (Å²) < 4.78 is 45.7. The van der Waals surface area contributed by atoms with E-state index in [1.54, 1.807) is 31.3 Å². The van der Waals surface area contributed by atoms with Gasteiger partial charge in [0, 0.05) is 43.6 Å². The van der Waals surface area contributed by atoms with E-state index in [-0.39, 0.29) is 24.7 Å². The van der Waals surface area contributed by atoms with Crippen LogP contribution in [0.2, 0.25) is 0 Å². The van der Waals surface area contributed by atoms with Gasteiger partial charge in [-0.15, -0.1) is 0 Å². The van der Waals surface area contributed by atoms with Gasteiger partial charge in [-0.2, -0.15) is 13.2 Å². The second kappa shape index (κ2) is 9.80. The summed E-state index contributed by atoms with van der Waals surface area (Å²) in [5, 5.41) is 21.1. The maximum absolute atomic E-state index is 13.4. The fourth-order valence-electron chi connectivity index (χ4n) is 3.13. The van der Waals surface area contributed by atoms with Crippen molar-refractivity contribution >= 4 is 5.69 Å². The molecule has 1 heterocycles. The van der Waals surface area contributed by atoms with Gasteiger partial charge >= 0.3 is 6.18 Å². The van der Waals surface area contributed by atoms with Gasteiger partial charge in [-0.05, 0) is 66.6 Å². The van der Waals surface area contributed by atoms with Crippen LogP contribution in [0.1, 0.15) is 16.8 Å². The lowest BCUT2D eigenvalue weighted by molar-refractivity contribution is -0.138. The maximum Gasteiger partial charge on any atom is 0.420 e. The van der Waals surface area contributed by atoms with Crippen LogP contribution in [0.5, 0.6) is 11.5 Å². The molecule has 0 aliphatic heterocycles. The van der Waals surface area contributed by atoms with Crippen molar-refractivity contribution in [3.63, 3.8) is 0 Å². The minimum Gasteiger partial charge on any atom is -0.457 e. The number of hydrogen-bond donors (Lipinski definition) is 3. The second-order valence-corrected chi connectivity index (χ2v) is 6.88. The van der Waals surface area contributed by atoms with Crippen molar-refractivity contribution in [2.75, 3.05) is 25.6 Å². The SMILES string of the molecule is CNc1ccc(Oc2ccc(-c3cc(CCO)cc(CCO)n3)cc2)c(C(F)(F)F)c1. The zero-order valence-electron chi connectivity index (χ0n) is 16.9. The molecule has 3 rings (SSSR count). The number of anilines is 1. The molecule has 0 unspecified atom stereocenters. The number of hydrogen-bond acceptors (Lipinski definition) is 5. The number of aliphatic hydroxyl groups is 2. The third kappa shape index (κ3) is 5.74. The number of aromatic nitrogens is 1. The lowest BCUT2D eigenvalue weighted by Crippen LogP contribution is -2.08. The third-order valence-corrected chi connectivity index (χ3v) is 4.66. The van der Waals surface area contributed by atoms with Crippen LogP contribution in [0.15, 0.2) is 54.6 Å². The number of nitrogens with zero attached hydrogens (tertiary/aromatic N) is 1. The molecule has 1 aromatic heterocycles. The molecule has 2 aromatic carbocycles. The zero-order valence-corrected chi connectivity index (χ0v) is 16.9. The van der Waals surface area contributed by atoms with Gasteiger partial charge in [0.05, 0.1) is 5.69 Å². The fourth-order valence-corrected chi connectivity index (χ4v) is 3.13. The Hall–Kier alpha value is -3.10. The van der Waals surface area contributed by atoms with E-state index in [0.717, 1.165) is 17.2 Å². The Labute approximate surface area is 178 Å². The average Bonchev–Trinajstić information content (AvgIpc) is 2.74. The van der Waals surface area contributed by atoms with Crippen molar-refractivity contribution in [3.05, 3.63) is 71.4 Å². The van der Waals surface area contributed by atoms with Crippen molar-refractivity contribution in [1.29, 1.82) is 0 Å². The second-order valence-electron chi connectivity index (χ2n) is 6.88. The summed E-state index contributed by atoms with van der Waals surface area (Å²) in [5.74, 6) is -0.0268. The molecule has 31 heavy (non-hydrogen) atoms. The molecule has 0 aliphatic rings. The highest BCUT2D eigenvalue weighted by atomic mass is 19.4. The minimum absolute atomic E-state index is 0.0112. The van der Waals surface area contributed by atoms with E-state index in [9.17, 15) is 23.4 Å². The lowest BCUT2D eigenvalue weighted by Gasteiger charge is -2.15. The number of ether oxygens (including phenoxy) is 1. The van der Waals surface area contributed by atoms with Crippen LogP contribution in [-0.2, 0) is 19.0 Å². The lowest BCUT2D eigenvalue weighted by atomic mass is 10.1. The summed E-state index contributed by atoms with van der Waals surface area (Å²) in [6.45, 7) is -0.0572. The molecule has 0 aliphatic carbocycles. The Kier molecular flexibility index (Phi) is 7.14. The van der Waals surface area contributed by atoms with E-state index in [4.69, 9.17) is 4.74 Å². The van der Waals surface area contributed by atoms with E-state index in [0.29, 0.717) is 29.9 Å². The van der Waals surface area contributed by atoms with E-state index in [2.05, 4.69) is 10.3 Å². The predicted molar refractivity (Wildman–Crippen MR) is 112 cm³/mol. The molecule has 0 saturated carbocycles. The number of pyridine rings is 1. The van der Waals surface area contributed by atoms with Gasteiger partial charge < -0.3 is 20.3 Å². The monoisotopic (exact) mass is 432 g/mol. The maximum atomic E-state index is 13.4. The highest BCUT2D eigenvalue weighted by Gasteiger charge is 2.35.